The van der Waals surface area contributed by atoms with Crippen LogP contribution in [-0.2, 0) is 4.74 Å². The molecular formula is C30H30N4O5S. The Morgan fingerprint density at radius 1 is 0.950 bits per heavy atom. The number of carbonyl (C=O) groups is 3. The normalized spacial score (nSPS) is 15.2. The van der Waals surface area contributed by atoms with Crippen molar-refractivity contribution in [2.75, 3.05) is 18.4 Å². The van der Waals surface area contributed by atoms with Crippen LogP contribution in [0.2, 0.25) is 0 Å². The van der Waals surface area contributed by atoms with Crippen LogP contribution in [0.25, 0.3) is 15.9 Å². The van der Waals surface area contributed by atoms with Crippen molar-refractivity contribution in [1.82, 2.24) is 14.8 Å². The number of fused-ring (bicyclic) bond motifs is 1. The molecule has 0 unspecified atom stereocenters. The molecule has 0 saturated carbocycles. The average molecular weight is 559 g/mol. The minimum absolute atomic E-state index is 0.247. The molecule has 0 aliphatic carbocycles. The zero-order valence-electron chi connectivity index (χ0n) is 22.5. The van der Waals surface area contributed by atoms with Gasteiger partial charge in [0.05, 0.1) is 11.3 Å². The molecule has 40 heavy (non-hydrogen) atoms. The number of carbonyl (C=O) groups excluding carboxylic acids is 3. The largest absolute Gasteiger partial charge is 0.444 e. The van der Waals surface area contributed by atoms with Crippen molar-refractivity contribution in [3.8, 4) is 5.69 Å². The summed E-state index contributed by atoms with van der Waals surface area (Å²) in [5.74, 6) is -0.266. The second-order valence-electron chi connectivity index (χ2n) is 10.6. The molecule has 1 aliphatic rings. The summed E-state index contributed by atoms with van der Waals surface area (Å²) in [5.41, 5.74) is 0.577. The van der Waals surface area contributed by atoms with E-state index >= 15 is 0 Å². The summed E-state index contributed by atoms with van der Waals surface area (Å²) >= 11 is 1.17. The van der Waals surface area contributed by atoms with Crippen molar-refractivity contribution in [2.24, 2.45) is 0 Å². The van der Waals surface area contributed by atoms with Gasteiger partial charge in [-0.2, -0.15) is 0 Å². The first-order valence-electron chi connectivity index (χ1n) is 13.0. The SMILES string of the molecule is CC(C)(C)OC(=O)N1CC[C@@H](NC(=O)Nc2sc3c(ccc(=O)n3-c3ccccc3)c2C(=O)c2ccccc2)C1. The van der Waals surface area contributed by atoms with Crippen LogP contribution in [0.4, 0.5) is 14.6 Å². The average Bonchev–Trinajstić information content (AvgIpc) is 3.52. The monoisotopic (exact) mass is 558 g/mol. The molecule has 2 aromatic carbocycles. The molecule has 2 N–H and O–H groups in total. The zero-order valence-corrected chi connectivity index (χ0v) is 23.3. The molecule has 1 saturated heterocycles. The van der Waals surface area contributed by atoms with E-state index in [1.54, 1.807) is 60.6 Å². The van der Waals surface area contributed by atoms with Gasteiger partial charge in [0.1, 0.15) is 15.4 Å². The van der Waals surface area contributed by atoms with Crippen molar-refractivity contribution in [3.05, 3.63) is 94.3 Å². The summed E-state index contributed by atoms with van der Waals surface area (Å²) in [4.78, 5) is 54.4. The van der Waals surface area contributed by atoms with Gasteiger partial charge in [-0.1, -0.05) is 59.9 Å². The number of nitrogens with one attached hydrogen (secondary N) is 2. The Morgan fingerprint density at radius 3 is 2.30 bits per heavy atom. The van der Waals surface area contributed by atoms with E-state index in [1.165, 1.54) is 17.4 Å². The summed E-state index contributed by atoms with van der Waals surface area (Å²) < 4.78 is 6.98. The lowest BCUT2D eigenvalue weighted by molar-refractivity contribution is 0.0291. The topological polar surface area (TPSA) is 110 Å². The van der Waals surface area contributed by atoms with Crippen LogP contribution in [0.3, 0.4) is 0 Å². The van der Waals surface area contributed by atoms with Gasteiger partial charge in [0, 0.05) is 36.1 Å². The zero-order chi connectivity index (χ0) is 28.4. The molecule has 10 heteroatoms. The van der Waals surface area contributed by atoms with E-state index < -0.39 is 17.7 Å². The molecule has 5 rings (SSSR count). The standard InChI is InChI=1S/C30H30N4O5S/c1-30(2,3)39-29(38)33-17-16-20(18-33)31-28(37)32-26-24(25(36)19-10-6-4-7-11-19)22-14-15-23(35)34(27(22)40-26)21-12-8-5-9-13-21/h4-15,20H,16-18H2,1-3H3,(H2,31,32,37)/t20-/m1/s1. The molecule has 1 atom stereocenters. The Bertz CT molecular complexity index is 1620. The molecule has 1 aliphatic heterocycles. The summed E-state index contributed by atoms with van der Waals surface area (Å²) in [5, 5.41) is 6.66. The first kappa shape index (κ1) is 27.1. The highest BCUT2D eigenvalue weighted by atomic mass is 32.1. The number of urea groups is 1. The minimum atomic E-state index is -0.608. The van der Waals surface area contributed by atoms with Crippen LogP contribution in [0, 0.1) is 0 Å². The number of pyridine rings is 1. The van der Waals surface area contributed by atoms with Crippen LogP contribution in [0.5, 0.6) is 0 Å². The number of para-hydroxylation sites is 1. The molecule has 9 nitrogen and oxygen atoms in total. The summed E-state index contributed by atoms with van der Waals surface area (Å²) in [6.07, 6.45) is 0.152. The smallest absolute Gasteiger partial charge is 0.410 e. The third-order valence-corrected chi connectivity index (χ3v) is 7.53. The van der Waals surface area contributed by atoms with Gasteiger partial charge in [0.2, 0.25) is 0 Å². The van der Waals surface area contributed by atoms with Gasteiger partial charge in [0.15, 0.2) is 5.78 Å². The lowest BCUT2D eigenvalue weighted by Crippen LogP contribution is -2.41. The fourth-order valence-electron chi connectivity index (χ4n) is 4.65. The number of rotatable bonds is 5. The van der Waals surface area contributed by atoms with Crippen molar-refractivity contribution in [1.29, 1.82) is 0 Å². The number of hydrogen-bond acceptors (Lipinski definition) is 6. The van der Waals surface area contributed by atoms with Gasteiger partial charge in [-0.05, 0) is 45.4 Å². The predicted octanol–water partition coefficient (Wildman–Crippen LogP) is 5.41. The Morgan fingerprint density at radius 2 is 1.62 bits per heavy atom. The number of ketones is 1. The highest BCUT2D eigenvalue weighted by Crippen LogP contribution is 2.37. The molecular weight excluding hydrogens is 528 g/mol. The molecule has 206 valence electrons. The van der Waals surface area contributed by atoms with E-state index in [9.17, 15) is 19.2 Å². The molecule has 3 heterocycles. The molecule has 2 aromatic heterocycles. The minimum Gasteiger partial charge on any atom is -0.444 e. The van der Waals surface area contributed by atoms with E-state index in [1.807, 2.05) is 36.4 Å². The van der Waals surface area contributed by atoms with Crippen LogP contribution in [-0.4, -0.2) is 52.1 Å². The number of anilines is 1. The fourth-order valence-corrected chi connectivity index (χ4v) is 5.85. The van der Waals surface area contributed by atoms with Crippen LogP contribution < -0.4 is 16.2 Å². The number of nitrogens with zero attached hydrogens (tertiary/aromatic N) is 2. The van der Waals surface area contributed by atoms with Crippen LogP contribution in [0.15, 0.2) is 77.6 Å². The van der Waals surface area contributed by atoms with Gasteiger partial charge < -0.3 is 15.0 Å². The summed E-state index contributed by atoms with van der Waals surface area (Å²) in [6.45, 7) is 6.20. The van der Waals surface area contributed by atoms with E-state index in [-0.39, 0.29) is 17.4 Å². The third-order valence-electron chi connectivity index (χ3n) is 6.42. The fraction of sp³-hybridized carbons (Fsp3) is 0.267. The lowest BCUT2D eigenvalue weighted by Gasteiger charge is -2.24. The molecule has 4 aromatic rings. The molecule has 3 amide bonds. The van der Waals surface area contributed by atoms with Gasteiger partial charge in [0.25, 0.3) is 5.56 Å². The van der Waals surface area contributed by atoms with E-state index in [0.717, 1.165) is 0 Å². The summed E-state index contributed by atoms with van der Waals surface area (Å²) in [7, 11) is 0. The first-order valence-corrected chi connectivity index (χ1v) is 13.8. The lowest BCUT2D eigenvalue weighted by atomic mass is 10.0. The maximum absolute atomic E-state index is 13.7. The number of ether oxygens (including phenoxy) is 1. The van der Waals surface area contributed by atoms with Crippen molar-refractivity contribution in [2.45, 2.75) is 38.8 Å². The van der Waals surface area contributed by atoms with E-state index in [2.05, 4.69) is 10.6 Å². The van der Waals surface area contributed by atoms with E-state index in [4.69, 9.17) is 4.74 Å². The maximum Gasteiger partial charge on any atom is 0.410 e. The predicted molar refractivity (Wildman–Crippen MR) is 156 cm³/mol. The Labute approximate surface area is 235 Å². The Kier molecular flexibility index (Phi) is 7.44. The van der Waals surface area contributed by atoms with Crippen molar-refractivity contribution >= 4 is 44.5 Å². The molecule has 0 bridgehead atoms. The highest BCUT2D eigenvalue weighted by Gasteiger charge is 2.31. The highest BCUT2D eigenvalue weighted by molar-refractivity contribution is 7.23. The van der Waals surface area contributed by atoms with Crippen molar-refractivity contribution < 1.29 is 19.1 Å². The maximum atomic E-state index is 13.7. The number of thiophene rings is 1. The molecule has 0 spiro atoms. The molecule has 1 fully saturated rings. The van der Waals surface area contributed by atoms with Gasteiger partial charge in [-0.25, -0.2) is 9.59 Å². The van der Waals surface area contributed by atoms with Gasteiger partial charge in [-0.3, -0.25) is 19.5 Å². The number of amides is 3. The second-order valence-corrected chi connectivity index (χ2v) is 11.6. The quantitative estimate of drug-likeness (QED) is 0.318. The first-order chi connectivity index (χ1) is 19.1. The number of hydrogen-bond donors (Lipinski definition) is 2. The summed E-state index contributed by atoms with van der Waals surface area (Å²) in [6, 6.07) is 20.2. The number of likely N-dealkylation sites (tertiary alicyclic amines) is 1. The van der Waals surface area contributed by atoms with Crippen molar-refractivity contribution in [3.63, 3.8) is 0 Å². The van der Waals surface area contributed by atoms with Gasteiger partial charge in [-0.15, -0.1) is 0 Å². The van der Waals surface area contributed by atoms with Crippen LogP contribution in [0.1, 0.15) is 43.1 Å². The van der Waals surface area contributed by atoms with Crippen LogP contribution >= 0.6 is 11.3 Å². The number of benzene rings is 2. The Hall–Kier alpha value is -4.44. The number of aromatic nitrogens is 1. The molecule has 0 radical (unpaired) electrons. The third kappa shape index (κ3) is 5.76. The van der Waals surface area contributed by atoms with E-state index in [0.29, 0.717) is 51.5 Å². The Balaban J connectivity index is 1.46. The second kappa shape index (κ2) is 11.0. The van der Waals surface area contributed by atoms with Gasteiger partial charge >= 0.3 is 12.1 Å².